The Morgan fingerprint density at radius 3 is 2.75 bits per heavy atom. The number of nitrogens with one attached hydrogen (secondary N) is 1. The molecular weight excluding hydrogens is 352 g/mol. The Bertz CT molecular complexity index is 1130. The minimum atomic E-state index is -0.254. The molecule has 0 fully saturated rings. The van der Waals surface area contributed by atoms with Crippen LogP contribution in [0, 0.1) is 0 Å². The number of carbonyl (C=O) groups excluding carboxylic acids is 1. The molecule has 4 rings (SSSR count). The summed E-state index contributed by atoms with van der Waals surface area (Å²) in [4.78, 5) is 23.9. The van der Waals surface area contributed by atoms with Crippen LogP contribution in [0.1, 0.15) is 29.8 Å². The highest BCUT2D eigenvalue weighted by Crippen LogP contribution is 2.18. The second-order valence-electron chi connectivity index (χ2n) is 6.62. The number of pyridine rings is 1. The molecule has 142 valence electrons. The first kappa shape index (κ1) is 18.1. The van der Waals surface area contributed by atoms with Crippen LogP contribution in [-0.4, -0.2) is 43.5 Å². The third-order valence-electron chi connectivity index (χ3n) is 4.80. The minimum Gasteiger partial charge on any atom is -0.320 e. The van der Waals surface area contributed by atoms with Gasteiger partial charge in [0.2, 0.25) is 0 Å². The summed E-state index contributed by atoms with van der Waals surface area (Å²) in [7, 11) is 0. The zero-order chi connectivity index (χ0) is 19.5. The number of hydrogen-bond donors (Lipinski definition) is 1. The first-order valence-electron chi connectivity index (χ1n) is 9.38. The van der Waals surface area contributed by atoms with Crippen molar-refractivity contribution in [3.63, 3.8) is 0 Å². The molecule has 3 aromatic heterocycles. The van der Waals surface area contributed by atoms with Crippen LogP contribution >= 0.6 is 0 Å². The van der Waals surface area contributed by atoms with Crippen molar-refractivity contribution in [1.29, 1.82) is 0 Å². The molecule has 0 radical (unpaired) electrons. The number of benzene rings is 1. The lowest BCUT2D eigenvalue weighted by molar-refractivity contribution is 0.102. The van der Waals surface area contributed by atoms with Gasteiger partial charge in [-0.05, 0) is 25.2 Å². The summed E-state index contributed by atoms with van der Waals surface area (Å²) in [5, 5.41) is 8.17. The lowest BCUT2D eigenvalue weighted by Gasteiger charge is -2.17. The zero-order valence-corrected chi connectivity index (χ0v) is 16.0. The van der Waals surface area contributed by atoms with Crippen molar-refractivity contribution in [2.24, 2.45) is 0 Å². The highest BCUT2D eigenvalue weighted by atomic mass is 16.1. The van der Waals surface area contributed by atoms with Crippen LogP contribution in [0.25, 0.3) is 16.6 Å². The Kier molecular flexibility index (Phi) is 4.99. The van der Waals surface area contributed by atoms with E-state index in [9.17, 15) is 4.79 Å². The third kappa shape index (κ3) is 3.57. The Balaban J connectivity index is 1.56. The average Bonchev–Trinajstić information content (AvgIpc) is 3.15. The summed E-state index contributed by atoms with van der Waals surface area (Å²) in [6.45, 7) is 7.02. The number of para-hydroxylation sites is 1. The van der Waals surface area contributed by atoms with Gasteiger partial charge < -0.3 is 5.32 Å². The standard InChI is InChI=1S/C21H22N6O/c1-3-26(4-2)13-15-10-23-20-18(12-24-27(20)14-15)21(28)25-17-9-16-7-5-6-8-19(16)22-11-17/h5-12,14H,3-4,13H2,1-2H3,(H,25,28). The second-order valence-corrected chi connectivity index (χ2v) is 6.62. The summed E-state index contributed by atoms with van der Waals surface area (Å²) in [5.74, 6) is -0.254. The molecule has 0 aliphatic carbocycles. The smallest absolute Gasteiger partial charge is 0.261 e. The van der Waals surface area contributed by atoms with Crippen LogP contribution in [0.5, 0.6) is 0 Å². The van der Waals surface area contributed by atoms with Crippen LogP contribution in [0.3, 0.4) is 0 Å². The van der Waals surface area contributed by atoms with Crippen molar-refractivity contribution in [3.05, 3.63) is 66.2 Å². The number of nitrogens with zero attached hydrogens (tertiary/aromatic N) is 5. The minimum absolute atomic E-state index is 0.254. The monoisotopic (exact) mass is 374 g/mol. The maximum absolute atomic E-state index is 12.7. The molecule has 0 atom stereocenters. The lowest BCUT2D eigenvalue weighted by atomic mass is 10.2. The number of hydrogen-bond acceptors (Lipinski definition) is 5. The van der Waals surface area contributed by atoms with Gasteiger partial charge in [-0.3, -0.25) is 14.7 Å². The van der Waals surface area contributed by atoms with E-state index in [-0.39, 0.29) is 5.91 Å². The quantitative estimate of drug-likeness (QED) is 0.560. The number of aromatic nitrogens is 4. The normalized spacial score (nSPS) is 11.4. The van der Waals surface area contributed by atoms with Gasteiger partial charge in [-0.15, -0.1) is 0 Å². The molecule has 0 aliphatic heterocycles. The van der Waals surface area contributed by atoms with Crippen molar-refractivity contribution >= 4 is 28.1 Å². The Morgan fingerprint density at radius 1 is 1.11 bits per heavy atom. The average molecular weight is 374 g/mol. The molecule has 0 saturated heterocycles. The molecule has 3 heterocycles. The molecule has 0 bridgehead atoms. The van der Waals surface area contributed by atoms with Crippen molar-refractivity contribution in [2.75, 3.05) is 18.4 Å². The number of fused-ring (bicyclic) bond motifs is 2. The van der Waals surface area contributed by atoms with Crippen molar-refractivity contribution in [3.8, 4) is 0 Å². The zero-order valence-electron chi connectivity index (χ0n) is 16.0. The summed E-state index contributed by atoms with van der Waals surface area (Å²) in [5.41, 5.74) is 3.56. The molecule has 1 aromatic carbocycles. The highest BCUT2D eigenvalue weighted by molar-refractivity contribution is 6.08. The van der Waals surface area contributed by atoms with Gasteiger partial charge in [0.1, 0.15) is 5.56 Å². The van der Waals surface area contributed by atoms with E-state index in [2.05, 4.69) is 39.1 Å². The molecule has 28 heavy (non-hydrogen) atoms. The first-order chi connectivity index (χ1) is 13.7. The fraction of sp³-hybridized carbons (Fsp3) is 0.238. The fourth-order valence-electron chi connectivity index (χ4n) is 3.20. The van der Waals surface area contributed by atoms with Gasteiger partial charge in [0, 0.05) is 29.9 Å². The van der Waals surface area contributed by atoms with E-state index in [1.54, 1.807) is 16.9 Å². The Labute approximate surface area is 163 Å². The molecular formula is C21H22N6O. The van der Waals surface area contributed by atoms with Gasteiger partial charge >= 0.3 is 0 Å². The number of rotatable bonds is 6. The van der Waals surface area contributed by atoms with Gasteiger partial charge in [-0.1, -0.05) is 32.0 Å². The molecule has 0 saturated carbocycles. The van der Waals surface area contributed by atoms with E-state index in [0.717, 1.165) is 36.1 Å². The van der Waals surface area contributed by atoms with E-state index < -0.39 is 0 Å². The molecule has 4 aromatic rings. The molecule has 0 aliphatic rings. The Hall–Kier alpha value is -3.32. The van der Waals surface area contributed by atoms with Crippen molar-refractivity contribution in [2.45, 2.75) is 20.4 Å². The maximum atomic E-state index is 12.7. The summed E-state index contributed by atoms with van der Waals surface area (Å²) in [6.07, 6.45) is 6.94. The van der Waals surface area contributed by atoms with Gasteiger partial charge in [0.15, 0.2) is 5.65 Å². The fourth-order valence-corrected chi connectivity index (χ4v) is 3.20. The molecule has 0 spiro atoms. The maximum Gasteiger partial charge on any atom is 0.261 e. The molecule has 7 heteroatoms. The molecule has 1 N–H and O–H groups in total. The number of anilines is 1. The molecule has 1 amide bonds. The van der Waals surface area contributed by atoms with Crippen LogP contribution in [0.2, 0.25) is 0 Å². The predicted molar refractivity (Wildman–Crippen MR) is 109 cm³/mol. The Morgan fingerprint density at radius 2 is 1.93 bits per heavy atom. The lowest BCUT2D eigenvalue weighted by Crippen LogP contribution is -2.22. The second kappa shape index (κ2) is 7.74. The first-order valence-corrected chi connectivity index (χ1v) is 9.38. The van der Waals surface area contributed by atoms with E-state index in [4.69, 9.17) is 0 Å². The number of amides is 1. The highest BCUT2D eigenvalue weighted by Gasteiger charge is 2.15. The van der Waals surface area contributed by atoms with E-state index >= 15 is 0 Å². The molecule has 0 unspecified atom stereocenters. The predicted octanol–water partition coefficient (Wildman–Crippen LogP) is 3.37. The summed E-state index contributed by atoms with van der Waals surface area (Å²) >= 11 is 0. The van der Waals surface area contributed by atoms with Crippen LogP contribution in [-0.2, 0) is 6.54 Å². The molecule has 7 nitrogen and oxygen atoms in total. The van der Waals surface area contributed by atoms with Crippen LogP contribution < -0.4 is 5.32 Å². The van der Waals surface area contributed by atoms with E-state index in [1.807, 2.05) is 42.7 Å². The topological polar surface area (TPSA) is 75.4 Å². The van der Waals surface area contributed by atoms with Gasteiger partial charge in [-0.2, -0.15) is 5.10 Å². The number of carbonyl (C=O) groups is 1. The summed E-state index contributed by atoms with van der Waals surface area (Å²) in [6, 6.07) is 9.69. The summed E-state index contributed by atoms with van der Waals surface area (Å²) < 4.78 is 1.66. The van der Waals surface area contributed by atoms with Crippen LogP contribution in [0.15, 0.2) is 55.1 Å². The van der Waals surface area contributed by atoms with Crippen molar-refractivity contribution in [1.82, 2.24) is 24.5 Å². The van der Waals surface area contributed by atoms with Crippen molar-refractivity contribution < 1.29 is 4.79 Å². The van der Waals surface area contributed by atoms with E-state index in [0.29, 0.717) is 16.9 Å². The van der Waals surface area contributed by atoms with Crippen LogP contribution in [0.4, 0.5) is 5.69 Å². The SMILES string of the molecule is CCN(CC)Cc1cnc2c(C(=O)Nc3cnc4ccccc4c3)cnn2c1. The van der Waals surface area contributed by atoms with Gasteiger partial charge in [0.05, 0.1) is 23.6 Å². The van der Waals surface area contributed by atoms with Gasteiger partial charge in [0.25, 0.3) is 5.91 Å². The largest absolute Gasteiger partial charge is 0.320 e. The van der Waals surface area contributed by atoms with Gasteiger partial charge in [-0.25, -0.2) is 9.50 Å². The van der Waals surface area contributed by atoms with E-state index in [1.165, 1.54) is 0 Å². The third-order valence-corrected chi connectivity index (χ3v) is 4.80.